The van der Waals surface area contributed by atoms with Gasteiger partial charge in [-0.1, -0.05) is 17.7 Å². The molecule has 1 aromatic carbocycles. The van der Waals surface area contributed by atoms with E-state index in [9.17, 15) is 4.79 Å². The number of hydrogen-bond donors (Lipinski definition) is 2. The van der Waals surface area contributed by atoms with Crippen LogP contribution in [-0.4, -0.2) is 25.2 Å². The van der Waals surface area contributed by atoms with Crippen molar-refractivity contribution in [2.45, 2.75) is 40.7 Å². The Hall–Kier alpha value is -1.71. The molecule has 0 atom stereocenters. The molecule has 0 saturated heterocycles. The molecule has 0 heterocycles. The van der Waals surface area contributed by atoms with E-state index in [1.54, 1.807) is 0 Å². The zero-order valence-corrected chi connectivity index (χ0v) is 12.5. The summed E-state index contributed by atoms with van der Waals surface area (Å²) in [5, 5.41) is 5.53. The first-order chi connectivity index (χ1) is 8.90. The quantitative estimate of drug-likeness (QED) is 0.803. The van der Waals surface area contributed by atoms with Gasteiger partial charge in [0.25, 0.3) is 0 Å². The van der Waals surface area contributed by atoms with Gasteiger partial charge < -0.3 is 15.4 Å². The number of carbonyl (C=O) groups is 1. The second-order valence-corrected chi connectivity index (χ2v) is 5.13. The highest BCUT2D eigenvalue weighted by Gasteiger charge is 2.05. The molecule has 0 radical (unpaired) electrons. The summed E-state index contributed by atoms with van der Waals surface area (Å²) in [6.07, 6.45) is 0. The van der Waals surface area contributed by atoms with Gasteiger partial charge in [-0.15, -0.1) is 0 Å². The molecule has 2 N–H and O–H groups in total. The number of aryl methyl sites for hydroxylation is 3. The lowest BCUT2D eigenvalue weighted by molar-refractivity contribution is 0.234. The molecule has 0 aliphatic heterocycles. The van der Waals surface area contributed by atoms with Crippen LogP contribution < -0.4 is 15.4 Å². The number of ether oxygens (including phenoxy) is 1. The van der Waals surface area contributed by atoms with Gasteiger partial charge in [-0.2, -0.15) is 0 Å². The van der Waals surface area contributed by atoms with E-state index in [4.69, 9.17) is 4.74 Å². The van der Waals surface area contributed by atoms with Crippen LogP contribution in [0.4, 0.5) is 4.79 Å². The van der Waals surface area contributed by atoms with Crippen LogP contribution >= 0.6 is 0 Å². The smallest absolute Gasteiger partial charge is 0.315 e. The van der Waals surface area contributed by atoms with Crippen molar-refractivity contribution < 1.29 is 9.53 Å². The largest absolute Gasteiger partial charge is 0.491 e. The van der Waals surface area contributed by atoms with E-state index in [1.165, 1.54) is 5.56 Å². The van der Waals surface area contributed by atoms with Crippen LogP contribution in [0.25, 0.3) is 0 Å². The molecule has 4 nitrogen and oxygen atoms in total. The van der Waals surface area contributed by atoms with E-state index >= 15 is 0 Å². The molecule has 1 rings (SSSR count). The minimum absolute atomic E-state index is 0.141. The molecule has 1 aromatic rings. The molecule has 0 aliphatic rings. The highest BCUT2D eigenvalue weighted by Crippen LogP contribution is 2.24. The molecule has 0 saturated carbocycles. The molecule has 0 fully saturated rings. The molecule has 0 spiro atoms. The Balaban J connectivity index is 2.40. The van der Waals surface area contributed by atoms with Crippen molar-refractivity contribution in [3.8, 4) is 5.75 Å². The van der Waals surface area contributed by atoms with Crippen LogP contribution in [0.1, 0.15) is 30.5 Å². The SMILES string of the molecule is Cc1cc(C)c(OCCNC(=O)NC(C)C)c(C)c1. The first-order valence-electron chi connectivity index (χ1n) is 6.65. The third-order valence-electron chi connectivity index (χ3n) is 2.66. The predicted octanol–water partition coefficient (Wildman–Crippen LogP) is 2.70. The third-order valence-corrected chi connectivity index (χ3v) is 2.66. The highest BCUT2D eigenvalue weighted by molar-refractivity contribution is 5.74. The lowest BCUT2D eigenvalue weighted by atomic mass is 10.1. The molecule has 4 heteroatoms. The molecule has 106 valence electrons. The number of amides is 2. The number of benzene rings is 1. The van der Waals surface area contributed by atoms with Gasteiger partial charge in [0.1, 0.15) is 12.4 Å². The molecule has 0 aliphatic carbocycles. The summed E-state index contributed by atoms with van der Waals surface area (Å²) >= 11 is 0. The topological polar surface area (TPSA) is 50.4 Å². The fraction of sp³-hybridized carbons (Fsp3) is 0.533. The Bertz CT molecular complexity index is 419. The van der Waals surface area contributed by atoms with Crippen LogP contribution in [0.5, 0.6) is 5.75 Å². The van der Waals surface area contributed by atoms with Crippen molar-refractivity contribution in [3.05, 3.63) is 28.8 Å². The average Bonchev–Trinajstić information content (AvgIpc) is 2.25. The van der Waals surface area contributed by atoms with Gasteiger partial charge in [-0.25, -0.2) is 4.79 Å². The highest BCUT2D eigenvalue weighted by atomic mass is 16.5. The number of carbonyl (C=O) groups excluding carboxylic acids is 1. The molecule has 0 bridgehead atoms. The summed E-state index contributed by atoms with van der Waals surface area (Å²) in [5.74, 6) is 0.914. The number of urea groups is 1. The Morgan fingerprint density at radius 2 is 1.79 bits per heavy atom. The van der Waals surface area contributed by atoms with Gasteiger partial charge in [0, 0.05) is 6.04 Å². The van der Waals surface area contributed by atoms with Crippen molar-refractivity contribution in [1.29, 1.82) is 0 Å². The Morgan fingerprint density at radius 1 is 1.21 bits per heavy atom. The van der Waals surface area contributed by atoms with Gasteiger partial charge in [-0.05, 0) is 45.7 Å². The second-order valence-electron chi connectivity index (χ2n) is 5.13. The van der Waals surface area contributed by atoms with Gasteiger partial charge in [0.05, 0.1) is 6.54 Å². The van der Waals surface area contributed by atoms with Gasteiger partial charge >= 0.3 is 6.03 Å². The molecule has 2 amide bonds. The molecular formula is C15H24N2O2. The third kappa shape index (κ3) is 5.20. The summed E-state index contributed by atoms with van der Waals surface area (Å²) < 4.78 is 5.74. The Labute approximate surface area is 115 Å². The summed E-state index contributed by atoms with van der Waals surface area (Å²) in [7, 11) is 0. The van der Waals surface area contributed by atoms with E-state index in [2.05, 4.69) is 29.7 Å². The fourth-order valence-corrected chi connectivity index (χ4v) is 2.03. The lowest BCUT2D eigenvalue weighted by Crippen LogP contribution is -2.41. The zero-order chi connectivity index (χ0) is 14.4. The van der Waals surface area contributed by atoms with Crippen LogP contribution in [0.2, 0.25) is 0 Å². The van der Waals surface area contributed by atoms with Crippen molar-refractivity contribution in [2.24, 2.45) is 0 Å². The summed E-state index contributed by atoms with van der Waals surface area (Å²) in [6, 6.07) is 4.18. The van der Waals surface area contributed by atoms with E-state index in [0.717, 1.165) is 16.9 Å². The standard InChI is InChI=1S/C15H24N2O2/c1-10(2)17-15(18)16-6-7-19-14-12(4)8-11(3)9-13(14)5/h8-10H,6-7H2,1-5H3,(H2,16,17,18). The summed E-state index contributed by atoms with van der Waals surface area (Å²) in [5.41, 5.74) is 3.49. The normalized spacial score (nSPS) is 10.4. The summed E-state index contributed by atoms with van der Waals surface area (Å²) in [4.78, 5) is 11.4. The van der Waals surface area contributed by atoms with E-state index in [1.807, 2.05) is 27.7 Å². The molecular weight excluding hydrogens is 240 g/mol. The van der Waals surface area contributed by atoms with Crippen LogP contribution in [0, 0.1) is 20.8 Å². The van der Waals surface area contributed by atoms with Crippen molar-refractivity contribution in [2.75, 3.05) is 13.2 Å². The fourth-order valence-electron chi connectivity index (χ4n) is 2.03. The predicted molar refractivity (Wildman–Crippen MR) is 77.8 cm³/mol. The average molecular weight is 264 g/mol. The first kappa shape index (κ1) is 15.3. The van der Waals surface area contributed by atoms with Crippen LogP contribution in [0.3, 0.4) is 0 Å². The number of rotatable bonds is 5. The second kappa shape index (κ2) is 7.02. The van der Waals surface area contributed by atoms with Crippen molar-refractivity contribution in [1.82, 2.24) is 10.6 Å². The molecule has 19 heavy (non-hydrogen) atoms. The van der Waals surface area contributed by atoms with Gasteiger partial charge in [0.2, 0.25) is 0 Å². The monoisotopic (exact) mass is 264 g/mol. The number of hydrogen-bond acceptors (Lipinski definition) is 2. The minimum Gasteiger partial charge on any atom is -0.491 e. The zero-order valence-electron chi connectivity index (χ0n) is 12.5. The minimum atomic E-state index is -0.157. The maximum Gasteiger partial charge on any atom is 0.315 e. The van der Waals surface area contributed by atoms with Crippen LogP contribution in [0.15, 0.2) is 12.1 Å². The Morgan fingerprint density at radius 3 is 2.32 bits per heavy atom. The first-order valence-corrected chi connectivity index (χ1v) is 6.65. The lowest BCUT2D eigenvalue weighted by Gasteiger charge is -2.14. The maximum atomic E-state index is 11.4. The van der Waals surface area contributed by atoms with E-state index < -0.39 is 0 Å². The van der Waals surface area contributed by atoms with E-state index in [0.29, 0.717) is 13.2 Å². The van der Waals surface area contributed by atoms with Gasteiger partial charge in [0.15, 0.2) is 0 Å². The van der Waals surface area contributed by atoms with E-state index in [-0.39, 0.29) is 12.1 Å². The van der Waals surface area contributed by atoms with Crippen molar-refractivity contribution in [3.63, 3.8) is 0 Å². The van der Waals surface area contributed by atoms with Crippen molar-refractivity contribution >= 4 is 6.03 Å². The Kier molecular flexibility index (Phi) is 5.67. The number of nitrogens with one attached hydrogen (secondary N) is 2. The van der Waals surface area contributed by atoms with Gasteiger partial charge in [-0.3, -0.25) is 0 Å². The molecule has 0 aromatic heterocycles. The molecule has 0 unspecified atom stereocenters. The summed E-state index contributed by atoms with van der Waals surface area (Å²) in [6.45, 7) is 11.0. The maximum absolute atomic E-state index is 11.4. The van der Waals surface area contributed by atoms with Crippen LogP contribution in [-0.2, 0) is 0 Å².